The van der Waals surface area contributed by atoms with Gasteiger partial charge in [0.1, 0.15) is 23.2 Å². The van der Waals surface area contributed by atoms with Crippen molar-refractivity contribution in [1.29, 1.82) is 0 Å². The second kappa shape index (κ2) is 12.2. The SMILES string of the molecule is O=c1c(O)c(-c2ccc(CCCC[P+](c3ccccc3)(c3ccccc3)c3ccccc3)cc2)oc2c(O)c(O)ccc12. The van der Waals surface area contributed by atoms with Crippen molar-refractivity contribution in [3.63, 3.8) is 0 Å². The molecular formula is C37H32O5P+. The van der Waals surface area contributed by atoms with Crippen molar-refractivity contribution in [1.82, 2.24) is 0 Å². The van der Waals surface area contributed by atoms with Crippen molar-refractivity contribution in [3.8, 4) is 28.6 Å². The Morgan fingerprint density at radius 3 is 1.65 bits per heavy atom. The van der Waals surface area contributed by atoms with Crippen LogP contribution < -0.4 is 21.3 Å². The summed E-state index contributed by atoms with van der Waals surface area (Å²) >= 11 is 0. The molecule has 0 fully saturated rings. The summed E-state index contributed by atoms with van der Waals surface area (Å²) < 4.78 is 5.72. The molecule has 0 spiro atoms. The number of phenols is 2. The maximum absolute atomic E-state index is 12.7. The molecule has 0 aliphatic carbocycles. The van der Waals surface area contributed by atoms with Crippen molar-refractivity contribution in [2.75, 3.05) is 6.16 Å². The highest BCUT2D eigenvalue weighted by atomic mass is 31.2. The Morgan fingerprint density at radius 2 is 1.12 bits per heavy atom. The molecule has 5 nitrogen and oxygen atoms in total. The number of unbranched alkanes of at least 4 members (excludes halogenated alkanes) is 1. The first kappa shape index (κ1) is 28.3. The second-order valence-corrected chi connectivity index (χ2v) is 14.2. The van der Waals surface area contributed by atoms with Gasteiger partial charge in [-0.2, -0.15) is 0 Å². The number of phenolic OH excluding ortho intramolecular Hbond substituents is 2. The van der Waals surface area contributed by atoms with Gasteiger partial charge in [0.25, 0.3) is 0 Å². The van der Waals surface area contributed by atoms with Crippen LogP contribution >= 0.6 is 7.26 Å². The fourth-order valence-corrected chi connectivity index (χ4v) is 10.2. The van der Waals surface area contributed by atoms with Gasteiger partial charge in [-0.05, 0) is 73.4 Å². The summed E-state index contributed by atoms with van der Waals surface area (Å²) in [5.41, 5.74) is 0.807. The molecule has 0 bridgehead atoms. The summed E-state index contributed by atoms with van der Waals surface area (Å²) in [5.74, 6) is -1.52. The van der Waals surface area contributed by atoms with Crippen LogP contribution in [0.15, 0.2) is 137 Å². The Morgan fingerprint density at radius 1 is 0.581 bits per heavy atom. The van der Waals surface area contributed by atoms with E-state index in [1.165, 1.54) is 28.0 Å². The standard InChI is InChI=1S/C37H31O5P/c38-32-24-23-31-33(39)35(41)36(42-37(31)34(32)40)27-21-19-26(20-22-27)12-10-11-25-43(28-13-4-1-5-14-28,29-15-6-2-7-16-29)30-17-8-3-9-18-30/h1-9,13-24H,10-12,25H2,(H2-,38,39,40,41)/p+1. The molecule has 0 unspecified atom stereocenters. The van der Waals surface area contributed by atoms with Crippen LogP contribution in [0.5, 0.6) is 17.2 Å². The number of aromatic hydroxyl groups is 3. The van der Waals surface area contributed by atoms with Crippen LogP contribution in [0.25, 0.3) is 22.3 Å². The minimum atomic E-state index is -1.87. The maximum atomic E-state index is 12.7. The molecule has 1 aromatic heterocycles. The smallest absolute Gasteiger partial charge is 0.235 e. The van der Waals surface area contributed by atoms with Crippen molar-refractivity contribution >= 4 is 34.1 Å². The lowest BCUT2D eigenvalue weighted by Gasteiger charge is -2.27. The number of hydrogen-bond donors (Lipinski definition) is 3. The number of rotatable bonds is 9. The van der Waals surface area contributed by atoms with Gasteiger partial charge in [-0.1, -0.05) is 78.9 Å². The molecule has 0 atom stereocenters. The maximum Gasteiger partial charge on any atom is 0.235 e. The van der Waals surface area contributed by atoms with Crippen LogP contribution in [0.1, 0.15) is 18.4 Å². The van der Waals surface area contributed by atoms with Crippen molar-refractivity contribution in [2.45, 2.75) is 19.3 Å². The first-order valence-electron chi connectivity index (χ1n) is 14.3. The van der Waals surface area contributed by atoms with Crippen LogP contribution in [0.3, 0.4) is 0 Å². The molecule has 43 heavy (non-hydrogen) atoms. The summed E-state index contributed by atoms with van der Waals surface area (Å²) in [6, 6.07) is 42.7. The summed E-state index contributed by atoms with van der Waals surface area (Å²) in [7, 11) is -1.87. The monoisotopic (exact) mass is 587 g/mol. The molecule has 214 valence electrons. The lowest BCUT2D eigenvalue weighted by atomic mass is 10.0. The van der Waals surface area contributed by atoms with Crippen LogP contribution in [0.4, 0.5) is 0 Å². The van der Waals surface area contributed by atoms with E-state index in [2.05, 4.69) is 91.0 Å². The first-order chi connectivity index (χ1) is 21.0. The van der Waals surface area contributed by atoms with Gasteiger partial charge in [0, 0.05) is 5.56 Å². The summed E-state index contributed by atoms with van der Waals surface area (Å²) in [5, 5.41) is 34.8. The Balaban J connectivity index is 1.24. The predicted molar refractivity (Wildman–Crippen MR) is 176 cm³/mol. The van der Waals surface area contributed by atoms with Crippen LogP contribution in [0, 0.1) is 0 Å². The minimum absolute atomic E-state index is 0.00593. The van der Waals surface area contributed by atoms with Crippen molar-refractivity contribution < 1.29 is 19.7 Å². The zero-order valence-corrected chi connectivity index (χ0v) is 24.5. The van der Waals surface area contributed by atoms with Gasteiger partial charge in [-0.3, -0.25) is 4.79 Å². The highest BCUT2D eigenvalue weighted by Crippen LogP contribution is 2.56. The molecule has 0 amide bonds. The van der Waals surface area contributed by atoms with E-state index in [0.717, 1.165) is 31.0 Å². The minimum Gasteiger partial charge on any atom is -0.504 e. The number of fused-ring (bicyclic) bond motifs is 1. The molecule has 1 heterocycles. The van der Waals surface area contributed by atoms with Crippen LogP contribution in [-0.2, 0) is 6.42 Å². The molecule has 0 saturated heterocycles. The molecule has 0 aliphatic rings. The molecule has 5 aromatic carbocycles. The van der Waals surface area contributed by atoms with E-state index in [4.69, 9.17) is 4.42 Å². The molecule has 0 aliphatic heterocycles. The summed E-state index contributed by atoms with van der Waals surface area (Å²) in [4.78, 5) is 12.7. The Labute approximate surface area is 250 Å². The average Bonchev–Trinajstić information content (AvgIpc) is 3.06. The quantitative estimate of drug-likeness (QED) is 0.0974. The lowest BCUT2D eigenvalue weighted by molar-refractivity contribution is 0.397. The van der Waals surface area contributed by atoms with E-state index >= 15 is 0 Å². The summed E-state index contributed by atoms with van der Waals surface area (Å²) in [6.07, 6.45) is 3.96. The largest absolute Gasteiger partial charge is 0.504 e. The number of hydrogen-bond acceptors (Lipinski definition) is 5. The van der Waals surface area contributed by atoms with E-state index in [1.54, 1.807) is 12.1 Å². The van der Waals surface area contributed by atoms with E-state index < -0.39 is 29.9 Å². The molecule has 6 heteroatoms. The number of benzene rings is 5. The summed E-state index contributed by atoms with van der Waals surface area (Å²) in [6.45, 7) is 0. The van der Waals surface area contributed by atoms with Crippen molar-refractivity contribution in [2.24, 2.45) is 0 Å². The highest BCUT2D eigenvalue weighted by Gasteiger charge is 2.44. The number of aryl methyl sites for hydroxylation is 1. The normalized spacial score (nSPS) is 11.5. The first-order valence-corrected chi connectivity index (χ1v) is 16.3. The fourth-order valence-electron chi connectivity index (χ4n) is 5.80. The van der Waals surface area contributed by atoms with Gasteiger partial charge in [-0.15, -0.1) is 0 Å². The third kappa shape index (κ3) is 5.40. The zero-order chi connectivity index (χ0) is 29.8. The van der Waals surface area contributed by atoms with Crippen LogP contribution in [-0.4, -0.2) is 21.5 Å². The average molecular weight is 588 g/mol. The lowest BCUT2D eigenvalue weighted by Crippen LogP contribution is -2.33. The molecule has 6 rings (SSSR count). The van der Waals surface area contributed by atoms with Gasteiger partial charge in [0.2, 0.25) is 16.9 Å². The Kier molecular flexibility index (Phi) is 8.00. The second-order valence-electron chi connectivity index (χ2n) is 10.6. The van der Waals surface area contributed by atoms with E-state index in [0.29, 0.717) is 5.56 Å². The van der Waals surface area contributed by atoms with Gasteiger partial charge < -0.3 is 19.7 Å². The van der Waals surface area contributed by atoms with Gasteiger partial charge in [0.15, 0.2) is 17.1 Å². The van der Waals surface area contributed by atoms with E-state index in [9.17, 15) is 20.1 Å². The van der Waals surface area contributed by atoms with Crippen LogP contribution in [0.2, 0.25) is 0 Å². The predicted octanol–water partition coefficient (Wildman–Crippen LogP) is 6.89. The molecule has 0 radical (unpaired) electrons. The van der Waals surface area contributed by atoms with Crippen molar-refractivity contribution in [3.05, 3.63) is 143 Å². The van der Waals surface area contributed by atoms with Gasteiger partial charge in [0.05, 0.1) is 11.5 Å². The van der Waals surface area contributed by atoms with Gasteiger partial charge in [-0.25, -0.2) is 0 Å². The van der Waals surface area contributed by atoms with Gasteiger partial charge >= 0.3 is 0 Å². The Bertz CT molecular complexity index is 1800. The van der Waals surface area contributed by atoms with E-state index in [-0.39, 0.29) is 16.7 Å². The fraction of sp³-hybridized carbons (Fsp3) is 0.108. The molecule has 0 saturated carbocycles. The highest BCUT2D eigenvalue weighted by molar-refractivity contribution is 7.95. The third-order valence-electron chi connectivity index (χ3n) is 8.01. The third-order valence-corrected chi connectivity index (χ3v) is 12.5. The zero-order valence-electron chi connectivity index (χ0n) is 23.6. The molecule has 6 aromatic rings. The molecular weight excluding hydrogens is 555 g/mol. The molecule has 3 N–H and O–H groups in total. The topological polar surface area (TPSA) is 90.9 Å². The Hall–Kier alpha value is -4.86. The van der Waals surface area contributed by atoms with E-state index in [1.807, 2.05) is 12.1 Å².